The van der Waals surface area contributed by atoms with E-state index in [0.717, 1.165) is 12.0 Å². The molecule has 1 fully saturated rings. The van der Waals surface area contributed by atoms with Crippen molar-refractivity contribution >= 4 is 23.5 Å². The van der Waals surface area contributed by atoms with Crippen molar-refractivity contribution in [3.8, 4) is 0 Å². The van der Waals surface area contributed by atoms with Gasteiger partial charge in [0, 0.05) is 17.9 Å². The molecule has 0 radical (unpaired) electrons. The number of rotatable bonds is 3. The molecule has 3 nitrogen and oxygen atoms in total. The first-order valence-electron chi connectivity index (χ1n) is 6.11. The van der Waals surface area contributed by atoms with Crippen molar-refractivity contribution in [1.29, 1.82) is 0 Å². The van der Waals surface area contributed by atoms with Crippen molar-refractivity contribution in [3.63, 3.8) is 0 Å². The zero-order chi connectivity index (χ0) is 13.0. The summed E-state index contributed by atoms with van der Waals surface area (Å²) < 4.78 is 0. The zero-order valence-electron chi connectivity index (χ0n) is 10.5. The highest BCUT2D eigenvalue weighted by atomic mass is 32.2. The number of ketones is 1. The molecular formula is C14H17NO2S. The molecule has 1 heterocycles. The summed E-state index contributed by atoms with van der Waals surface area (Å²) in [6, 6.07) is 8.01. The molecule has 18 heavy (non-hydrogen) atoms. The van der Waals surface area contributed by atoms with Crippen LogP contribution in [0.25, 0.3) is 0 Å². The maximum atomic E-state index is 12.0. The maximum Gasteiger partial charge on any atom is 0.227 e. The van der Waals surface area contributed by atoms with Gasteiger partial charge in [0.1, 0.15) is 0 Å². The fourth-order valence-corrected chi connectivity index (χ4v) is 2.49. The molecule has 1 aliphatic rings. The molecule has 0 aliphatic carbocycles. The van der Waals surface area contributed by atoms with Crippen molar-refractivity contribution in [3.05, 3.63) is 29.8 Å². The number of hydrogen-bond donors (Lipinski definition) is 0. The van der Waals surface area contributed by atoms with Crippen LogP contribution in [0, 0.1) is 0 Å². The fraction of sp³-hybridized carbons (Fsp3) is 0.429. The van der Waals surface area contributed by atoms with E-state index in [1.807, 2.05) is 30.5 Å². The quantitative estimate of drug-likeness (QED) is 0.784. The molecule has 4 heteroatoms. The maximum absolute atomic E-state index is 12.0. The lowest BCUT2D eigenvalue weighted by Crippen LogP contribution is -2.40. The third kappa shape index (κ3) is 3.35. The third-order valence-electron chi connectivity index (χ3n) is 3.12. The normalized spacial score (nSPS) is 15.8. The SMILES string of the molecule is CSc1ccc(CC(=O)N2CCCC(=O)C2)cc1. The van der Waals surface area contributed by atoms with Crippen molar-refractivity contribution in [2.24, 2.45) is 0 Å². The van der Waals surface area contributed by atoms with Crippen molar-refractivity contribution < 1.29 is 9.59 Å². The molecule has 0 N–H and O–H groups in total. The van der Waals surface area contributed by atoms with E-state index < -0.39 is 0 Å². The molecule has 1 amide bonds. The summed E-state index contributed by atoms with van der Waals surface area (Å²) in [5.74, 6) is 0.229. The summed E-state index contributed by atoms with van der Waals surface area (Å²) in [6.45, 7) is 1.01. The molecule has 0 aromatic heterocycles. The van der Waals surface area contributed by atoms with Gasteiger partial charge in [0.25, 0.3) is 0 Å². The Bertz CT molecular complexity index is 442. The van der Waals surface area contributed by atoms with Gasteiger partial charge < -0.3 is 4.90 Å². The molecule has 0 saturated carbocycles. The molecule has 0 bridgehead atoms. The monoisotopic (exact) mass is 263 g/mol. The number of likely N-dealkylation sites (tertiary alicyclic amines) is 1. The Morgan fingerprint density at radius 1 is 1.33 bits per heavy atom. The van der Waals surface area contributed by atoms with E-state index in [4.69, 9.17) is 0 Å². The van der Waals surface area contributed by atoms with E-state index in [-0.39, 0.29) is 11.7 Å². The molecular weight excluding hydrogens is 246 g/mol. The van der Waals surface area contributed by atoms with Gasteiger partial charge in [0.2, 0.25) is 5.91 Å². The van der Waals surface area contributed by atoms with E-state index in [9.17, 15) is 9.59 Å². The first-order valence-corrected chi connectivity index (χ1v) is 7.34. The number of amides is 1. The summed E-state index contributed by atoms with van der Waals surface area (Å²) >= 11 is 1.68. The van der Waals surface area contributed by atoms with Crippen LogP contribution < -0.4 is 0 Å². The molecule has 0 atom stereocenters. The van der Waals surface area contributed by atoms with E-state index in [1.54, 1.807) is 16.7 Å². The summed E-state index contributed by atoms with van der Waals surface area (Å²) in [7, 11) is 0. The van der Waals surface area contributed by atoms with Crippen LogP contribution in [0.1, 0.15) is 18.4 Å². The highest BCUT2D eigenvalue weighted by Gasteiger charge is 2.21. The molecule has 0 spiro atoms. The Hall–Kier alpha value is -1.29. The van der Waals surface area contributed by atoms with Gasteiger partial charge in [0.05, 0.1) is 13.0 Å². The van der Waals surface area contributed by atoms with Crippen LogP contribution >= 0.6 is 11.8 Å². The van der Waals surface area contributed by atoms with Crippen LogP contribution in [0.4, 0.5) is 0 Å². The van der Waals surface area contributed by atoms with Gasteiger partial charge in [-0.15, -0.1) is 11.8 Å². The van der Waals surface area contributed by atoms with Gasteiger partial charge in [-0.2, -0.15) is 0 Å². The highest BCUT2D eigenvalue weighted by molar-refractivity contribution is 7.98. The molecule has 96 valence electrons. The average molecular weight is 263 g/mol. The van der Waals surface area contributed by atoms with Gasteiger partial charge in [-0.3, -0.25) is 9.59 Å². The molecule has 1 saturated heterocycles. The molecule has 1 aliphatic heterocycles. The minimum absolute atomic E-state index is 0.0555. The summed E-state index contributed by atoms with van der Waals surface area (Å²) in [4.78, 5) is 26.2. The second-order valence-corrected chi connectivity index (χ2v) is 5.36. The average Bonchev–Trinajstić information content (AvgIpc) is 2.39. The Balaban J connectivity index is 1.95. The first kappa shape index (κ1) is 13.1. The van der Waals surface area contributed by atoms with Gasteiger partial charge in [-0.05, 0) is 30.4 Å². The Morgan fingerprint density at radius 2 is 2.06 bits per heavy atom. The number of carbonyl (C=O) groups excluding carboxylic acids is 2. The predicted octanol–water partition coefficient (Wildman–Crippen LogP) is 2.14. The lowest BCUT2D eigenvalue weighted by atomic mass is 10.1. The summed E-state index contributed by atoms with van der Waals surface area (Å²) in [5.41, 5.74) is 1.01. The topological polar surface area (TPSA) is 37.4 Å². The second kappa shape index (κ2) is 6.05. The van der Waals surface area contributed by atoms with Gasteiger partial charge in [0.15, 0.2) is 5.78 Å². The molecule has 1 aromatic rings. The van der Waals surface area contributed by atoms with Gasteiger partial charge in [-0.25, -0.2) is 0 Å². The van der Waals surface area contributed by atoms with Gasteiger partial charge >= 0.3 is 0 Å². The number of thioether (sulfide) groups is 1. The Labute approximate surface area is 112 Å². The molecule has 2 rings (SSSR count). The molecule has 0 unspecified atom stereocenters. The van der Waals surface area contributed by atoms with E-state index >= 15 is 0 Å². The standard InChI is InChI=1S/C14H17NO2S/c1-18-13-6-4-11(5-7-13)9-14(17)15-8-2-3-12(16)10-15/h4-7H,2-3,8-10H2,1H3. The smallest absolute Gasteiger partial charge is 0.227 e. The van der Waals surface area contributed by atoms with Gasteiger partial charge in [-0.1, -0.05) is 12.1 Å². The van der Waals surface area contributed by atoms with E-state index in [1.165, 1.54) is 4.90 Å². The van der Waals surface area contributed by atoms with Crippen LogP contribution in [0.3, 0.4) is 0 Å². The minimum atomic E-state index is 0.0555. The fourth-order valence-electron chi connectivity index (χ4n) is 2.08. The third-order valence-corrected chi connectivity index (χ3v) is 3.86. The number of hydrogen-bond acceptors (Lipinski definition) is 3. The first-order chi connectivity index (χ1) is 8.69. The highest BCUT2D eigenvalue weighted by Crippen LogP contribution is 2.16. The summed E-state index contributed by atoms with van der Waals surface area (Å²) in [6.07, 6.45) is 3.84. The largest absolute Gasteiger partial charge is 0.335 e. The van der Waals surface area contributed by atoms with Crippen LogP contribution in [-0.2, 0) is 16.0 Å². The lowest BCUT2D eigenvalue weighted by Gasteiger charge is -2.25. The lowest BCUT2D eigenvalue weighted by molar-refractivity contribution is -0.137. The summed E-state index contributed by atoms with van der Waals surface area (Å²) in [5, 5.41) is 0. The van der Waals surface area contributed by atoms with Crippen LogP contribution in [0.2, 0.25) is 0 Å². The number of benzene rings is 1. The van der Waals surface area contributed by atoms with Crippen LogP contribution in [0.15, 0.2) is 29.2 Å². The minimum Gasteiger partial charge on any atom is -0.335 e. The Morgan fingerprint density at radius 3 is 2.67 bits per heavy atom. The van der Waals surface area contributed by atoms with Crippen LogP contribution in [0.5, 0.6) is 0 Å². The van der Waals surface area contributed by atoms with Crippen molar-refractivity contribution in [1.82, 2.24) is 4.90 Å². The number of Topliss-reactive ketones (excluding diaryl/α,β-unsaturated/α-hetero) is 1. The zero-order valence-corrected chi connectivity index (χ0v) is 11.3. The van der Waals surface area contributed by atoms with Crippen molar-refractivity contribution in [2.45, 2.75) is 24.2 Å². The second-order valence-electron chi connectivity index (χ2n) is 4.48. The molecule has 1 aromatic carbocycles. The van der Waals surface area contributed by atoms with Crippen LogP contribution in [-0.4, -0.2) is 35.9 Å². The Kier molecular flexibility index (Phi) is 4.42. The van der Waals surface area contributed by atoms with Crippen molar-refractivity contribution in [2.75, 3.05) is 19.3 Å². The van der Waals surface area contributed by atoms with E-state index in [0.29, 0.717) is 25.9 Å². The number of piperidine rings is 1. The number of nitrogens with zero attached hydrogens (tertiary/aromatic N) is 1. The predicted molar refractivity (Wildman–Crippen MR) is 72.7 cm³/mol. The van der Waals surface area contributed by atoms with E-state index in [2.05, 4.69) is 0 Å². The number of carbonyl (C=O) groups is 2.